The Kier molecular flexibility index (Phi) is 5.37. The summed E-state index contributed by atoms with van der Waals surface area (Å²) in [4.78, 5) is 15.8. The van der Waals surface area contributed by atoms with Crippen LogP contribution in [0.4, 0.5) is 0 Å². The van der Waals surface area contributed by atoms with E-state index in [-0.39, 0.29) is 11.9 Å². The maximum atomic E-state index is 13.7. The number of hydrogen-bond acceptors (Lipinski definition) is 5. The summed E-state index contributed by atoms with van der Waals surface area (Å²) in [5.74, 6) is 2.38. The third-order valence-electron chi connectivity index (χ3n) is 6.27. The molecule has 2 aliphatic heterocycles. The summed E-state index contributed by atoms with van der Waals surface area (Å²) in [5, 5.41) is 3.50. The minimum absolute atomic E-state index is 0.0366. The van der Waals surface area contributed by atoms with E-state index in [2.05, 4.69) is 30.4 Å². The number of hydrogen-bond donors (Lipinski definition) is 1. The Bertz CT molecular complexity index is 914. The van der Waals surface area contributed by atoms with Gasteiger partial charge in [0.25, 0.3) is 5.91 Å². The Morgan fingerprint density at radius 3 is 2.38 bits per heavy atom. The molecule has 2 aliphatic rings. The van der Waals surface area contributed by atoms with E-state index in [1.54, 1.807) is 33.5 Å². The number of ether oxygens (including phenoxy) is 3. The van der Waals surface area contributed by atoms with Crippen molar-refractivity contribution in [1.29, 1.82) is 0 Å². The van der Waals surface area contributed by atoms with Gasteiger partial charge in [0.1, 0.15) is 5.75 Å². The lowest BCUT2D eigenvalue weighted by Crippen LogP contribution is -2.35. The first-order valence-corrected chi connectivity index (χ1v) is 9.96. The molecule has 0 bridgehead atoms. The highest BCUT2D eigenvalue weighted by atomic mass is 16.5. The van der Waals surface area contributed by atoms with Crippen LogP contribution in [0.2, 0.25) is 0 Å². The van der Waals surface area contributed by atoms with E-state index in [1.165, 1.54) is 11.1 Å². The molecule has 3 atom stereocenters. The number of nitrogens with one attached hydrogen (secondary N) is 1. The molecule has 1 N–H and O–H groups in total. The average molecular weight is 396 g/mol. The van der Waals surface area contributed by atoms with Gasteiger partial charge in [0.15, 0.2) is 11.5 Å². The van der Waals surface area contributed by atoms with Crippen molar-refractivity contribution >= 4 is 5.91 Å². The lowest BCUT2D eigenvalue weighted by Gasteiger charge is -2.30. The van der Waals surface area contributed by atoms with Gasteiger partial charge in [0.05, 0.1) is 32.9 Å². The van der Waals surface area contributed by atoms with Gasteiger partial charge in [-0.1, -0.05) is 24.3 Å². The summed E-state index contributed by atoms with van der Waals surface area (Å²) in [6.07, 6.45) is 0. The number of benzene rings is 2. The average Bonchev–Trinajstić information content (AvgIpc) is 3.34. The Morgan fingerprint density at radius 1 is 1.00 bits per heavy atom. The molecule has 29 heavy (non-hydrogen) atoms. The zero-order valence-electron chi connectivity index (χ0n) is 17.4. The maximum absolute atomic E-state index is 13.7. The third kappa shape index (κ3) is 3.31. The van der Waals surface area contributed by atoms with Crippen LogP contribution in [-0.2, 0) is 0 Å². The number of aryl methyl sites for hydroxylation is 1. The fourth-order valence-corrected chi connectivity index (χ4v) is 4.80. The van der Waals surface area contributed by atoms with Gasteiger partial charge >= 0.3 is 0 Å². The Balaban J connectivity index is 1.77. The van der Waals surface area contributed by atoms with Crippen LogP contribution in [0, 0.1) is 18.8 Å². The van der Waals surface area contributed by atoms with Crippen LogP contribution >= 0.6 is 0 Å². The fraction of sp³-hybridized carbons (Fsp3) is 0.435. The normalized spacial score (nSPS) is 23.0. The zero-order chi connectivity index (χ0) is 20.5. The molecule has 0 radical (unpaired) electrons. The van der Waals surface area contributed by atoms with Gasteiger partial charge in [-0.25, -0.2) is 0 Å². The zero-order valence-corrected chi connectivity index (χ0v) is 17.4. The highest BCUT2D eigenvalue weighted by Crippen LogP contribution is 2.45. The first-order chi connectivity index (χ1) is 14.1. The minimum atomic E-state index is -0.0366. The molecule has 0 unspecified atom stereocenters. The molecule has 2 aromatic rings. The quantitative estimate of drug-likeness (QED) is 0.842. The molecule has 0 spiro atoms. The number of amides is 1. The molecule has 2 aromatic carbocycles. The first kappa shape index (κ1) is 19.6. The van der Waals surface area contributed by atoms with Crippen LogP contribution in [0.15, 0.2) is 36.4 Å². The molecule has 6 nitrogen and oxygen atoms in total. The maximum Gasteiger partial charge on any atom is 0.258 e. The van der Waals surface area contributed by atoms with Crippen molar-refractivity contribution in [3.05, 3.63) is 53.1 Å². The number of carbonyl (C=O) groups excluding carboxylic acids is 1. The lowest BCUT2D eigenvalue weighted by molar-refractivity contribution is 0.0709. The standard InChI is InChI=1S/C23H28N2O4/c1-14-7-5-6-8-16(14)22-18-12-24-11-15(18)13-25(22)23(26)17-9-20(28-3)21(29-4)10-19(17)27-2/h5-10,15,18,22,24H,11-13H2,1-4H3/t15-,18-,22+/m0/s1. The first-order valence-electron chi connectivity index (χ1n) is 9.96. The number of fused-ring (bicyclic) bond motifs is 1. The molecular weight excluding hydrogens is 368 g/mol. The molecule has 4 rings (SSSR count). The molecule has 1 amide bonds. The summed E-state index contributed by atoms with van der Waals surface area (Å²) >= 11 is 0. The van der Waals surface area contributed by atoms with Crippen molar-refractivity contribution in [2.24, 2.45) is 11.8 Å². The van der Waals surface area contributed by atoms with Crippen molar-refractivity contribution < 1.29 is 19.0 Å². The van der Waals surface area contributed by atoms with E-state index >= 15 is 0 Å². The molecule has 2 saturated heterocycles. The topological polar surface area (TPSA) is 60.0 Å². The second-order valence-corrected chi connectivity index (χ2v) is 7.75. The van der Waals surface area contributed by atoms with Crippen LogP contribution in [0.3, 0.4) is 0 Å². The number of methoxy groups -OCH3 is 3. The second-order valence-electron chi connectivity index (χ2n) is 7.75. The number of rotatable bonds is 5. The van der Waals surface area contributed by atoms with Crippen LogP contribution in [0.5, 0.6) is 17.2 Å². The predicted molar refractivity (Wildman–Crippen MR) is 111 cm³/mol. The van der Waals surface area contributed by atoms with Crippen LogP contribution in [0.25, 0.3) is 0 Å². The minimum Gasteiger partial charge on any atom is -0.496 e. The lowest BCUT2D eigenvalue weighted by atomic mass is 9.87. The van der Waals surface area contributed by atoms with E-state index in [1.807, 2.05) is 11.0 Å². The van der Waals surface area contributed by atoms with Gasteiger partial charge in [-0.05, 0) is 24.0 Å². The molecule has 2 fully saturated rings. The second kappa shape index (κ2) is 7.95. The van der Waals surface area contributed by atoms with Gasteiger partial charge in [-0.3, -0.25) is 4.79 Å². The van der Waals surface area contributed by atoms with Gasteiger partial charge in [-0.2, -0.15) is 0 Å². The van der Waals surface area contributed by atoms with Gasteiger partial charge < -0.3 is 24.4 Å². The Hall–Kier alpha value is -2.73. The SMILES string of the molecule is COc1cc(OC)c(C(=O)N2C[C@@H]3CNC[C@@H]3[C@H]2c2ccccc2C)cc1OC. The number of carbonyl (C=O) groups is 1. The fourth-order valence-electron chi connectivity index (χ4n) is 4.80. The highest BCUT2D eigenvalue weighted by molar-refractivity contribution is 5.98. The van der Waals surface area contributed by atoms with Crippen LogP contribution in [-0.4, -0.2) is 51.8 Å². The molecule has 2 heterocycles. The van der Waals surface area contributed by atoms with Crippen LogP contribution < -0.4 is 19.5 Å². The molecule has 6 heteroatoms. The third-order valence-corrected chi connectivity index (χ3v) is 6.27. The number of nitrogens with zero attached hydrogens (tertiary/aromatic N) is 1. The summed E-state index contributed by atoms with van der Waals surface area (Å²) in [6, 6.07) is 11.8. The van der Waals surface area contributed by atoms with E-state index < -0.39 is 0 Å². The van der Waals surface area contributed by atoms with Gasteiger partial charge in [-0.15, -0.1) is 0 Å². The van der Waals surface area contributed by atoms with Crippen molar-refractivity contribution in [3.63, 3.8) is 0 Å². The van der Waals surface area contributed by atoms with E-state index in [0.717, 1.165) is 19.6 Å². The molecular formula is C23H28N2O4. The monoisotopic (exact) mass is 396 g/mol. The highest BCUT2D eigenvalue weighted by Gasteiger charge is 2.47. The smallest absolute Gasteiger partial charge is 0.258 e. The van der Waals surface area contributed by atoms with Crippen molar-refractivity contribution in [2.45, 2.75) is 13.0 Å². The summed E-state index contributed by atoms with van der Waals surface area (Å²) in [7, 11) is 4.71. The van der Waals surface area contributed by atoms with Gasteiger partial charge in [0, 0.05) is 37.7 Å². The van der Waals surface area contributed by atoms with Crippen molar-refractivity contribution in [3.8, 4) is 17.2 Å². The van der Waals surface area contributed by atoms with Crippen molar-refractivity contribution in [2.75, 3.05) is 41.0 Å². The number of likely N-dealkylation sites (tertiary alicyclic amines) is 1. The molecule has 0 aliphatic carbocycles. The summed E-state index contributed by atoms with van der Waals surface area (Å²) < 4.78 is 16.3. The van der Waals surface area contributed by atoms with E-state index in [9.17, 15) is 4.79 Å². The van der Waals surface area contributed by atoms with E-state index in [4.69, 9.17) is 14.2 Å². The Morgan fingerprint density at radius 2 is 1.69 bits per heavy atom. The van der Waals surface area contributed by atoms with E-state index in [0.29, 0.717) is 34.6 Å². The molecule has 0 saturated carbocycles. The predicted octanol–water partition coefficient (Wildman–Crippen LogP) is 3.05. The van der Waals surface area contributed by atoms with Gasteiger partial charge in [0.2, 0.25) is 0 Å². The Labute approximate surface area is 171 Å². The largest absolute Gasteiger partial charge is 0.496 e. The summed E-state index contributed by atoms with van der Waals surface area (Å²) in [5.41, 5.74) is 2.93. The molecule has 0 aromatic heterocycles. The summed E-state index contributed by atoms with van der Waals surface area (Å²) in [6.45, 7) is 4.72. The van der Waals surface area contributed by atoms with Crippen molar-refractivity contribution in [1.82, 2.24) is 10.2 Å². The molecule has 154 valence electrons. The van der Waals surface area contributed by atoms with Crippen LogP contribution in [0.1, 0.15) is 27.5 Å².